The predicted molar refractivity (Wildman–Crippen MR) is 84.6 cm³/mol. The van der Waals surface area contributed by atoms with Gasteiger partial charge in [0, 0.05) is 36.3 Å². The van der Waals surface area contributed by atoms with Gasteiger partial charge in [0.15, 0.2) is 10.4 Å². The van der Waals surface area contributed by atoms with Gasteiger partial charge in [0.05, 0.1) is 18.7 Å². The number of aromatic amines is 1. The number of pyridine rings is 1. The van der Waals surface area contributed by atoms with Crippen molar-refractivity contribution >= 4 is 39.3 Å². The molecule has 7 heteroatoms. The maximum Gasteiger partial charge on any atom is 0.179 e. The Balaban J connectivity index is 1.88. The summed E-state index contributed by atoms with van der Waals surface area (Å²) in [6.07, 6.45) is 1.81. The quantitative estimate of drug-likeness (QED) is 0.859. The third-order valence-electron chi connectivity index (χ3n) is 3.59. The maximum absolute atomic E-state index is 5.45. The number of hydrogen-bond donors (Lipinski definition) is 1. The van der Waals surface area contributed by atoms with Crippen LogP contribution < -0.4 is 0 Å². The largest absolute Gasteiger partial charge is 0.379 e. The maximum atomic E-state index is 5.45. The molecule has 108 valence electrons. The van der Waals surface area contributed by atoms with Gasteiger partial charge in [0.1, 0.15) is 0 Å². The minimum atomic E-state index is 0.281. The summed E-state index contributed by atoms with van der Waals surface area (Å²) in [6.45, 7) is 6.75. The average molecular weight is 357 g/mol. The third kappa shape index (κ3) is 2.81. The lowest BCUT2D eigenvalue weighted by Gasteiger charge is -2.29. The number of imidazole rings is 1. The zero-order chi connectivity index (χ0) is 14.1. The van der Waals surface area contributed by atoms with Crippen molar-refractivity contribution in [1.29, 1.82) is 0 Å². The van der Waals surface area contributed by atoms with Crippen LogP contribution in [0.5, 0.6) is 0 Å². The van der Waals surface area contributed by atoms with Crippen molar-refractivity contribution in [2.45, 2.75) is 13.0 Å². The van der Waals surface area contributed by atoms with Crippen molar-refractivity contribution in [3.8, 4) is 0 Å². The molecule has 2 aromatic heterocycles. The van der Waals surface area contributed by atoms with Crippen LogP contribution in [-0.2, 0) is 4.74 Å². The monoisotopic (exact) mass is 356 g/mol. The zero-order valence-corrected chi connectivity index (χ0v) is 13.7. The van der Waals surface area contributed by atoms with E-state index in [0.29, 0.717) is 0 Å². The summed E-state index contributed by atoms with van der Waals surface area (Å²) in [5.74, 6) is 0. The standard InChI is InChI=1S/C13H17BrN4OS/c1-9(8-17-2-4-19-5-3-17)18-12-11(16-13(18)20)6-10(14)7-15-12/h6-7,9H,2-5,8H2,1H3,(H,16,20). The summed E-state index contributed by atoms with van der Waals surface area (Å²) in [5.41, 5.74) is 1.89. The third-order valence-corrected chi connectivity index (χ3v) is 4.32. The molecule has 1 aliphatic rings. The lowest BCUT2D eigenvalue weighted by molar-refractivity contribution is 0.0327. The molecule has 1 saturated heterocycles. The van der Waals surface area contributed by atoms with Gasteiger partial charge < -0.3 is 9.72 Å². The van der Waals surface area contributed by atoms with E-state index in [2.05, 4.69) is 42.3 Å². The van der Waals surface area contributed by atoms with E-state index in [9.17, 15) is 0 Å². The minimum Gasteiger partial charge on any atom is -0.379 e. The number of H-pyrrole nitrogens is 1. The molecule has 0 saturated carbocycles. The lowest BCUT2D eigenvalue weighted by atomic mass is 10.3. The van der Waals surface area contributed by atoms with Crippen LogP contribution in [0, 0.1) is 4.77 Å². The van der Waals surface area contributed by atoms with Gasteiger partial charge in [0.25, 0.3) is 0 Å². The summed E-state index contributed by atoms with van der Waals surface area (Å²) < 4.78 is 9.17. The van der Waals surface area contributed by atoms with Crippen LogP contribution in [0.4, 0.5) is 0 Å². The Hall–Kier alpha value is -0.760. The number of aromatic nitrogens is 3. The Bertz CT molecular complexity index is 662. The van der Waals surface area contributed by atoms with Gasteiger partial charge in [-0.1, -0.05) is 0 Å². The van der Waals surface area contributed by atoms with E-state index in [0.717, 1.165) is 53.3 Å². The molecule has 0 aromatic carbocycles. The van der Waals surface area contributed by atoms with E-state index in [1.807, 2.05) is 12.3 Å². The first-order chi connectivity index (χ1) is 9.65. The lowest BCUT2D eigenvalue weighted by Crippen LogP contribution is -2.39. The molecule has 0 spiro atoms. The van der Waals surface area contributed by atoms with Gasteiger partial charge in [-0.25, -0.2) is 4.98 Å². The summed E-state index contributed by atoms with van der Waals surface area (Å²) in [4.78, 5) is 10.1. The van der Waals surface area contributed by atoms with Gasteiger partial charge in [0.2, 0.25) is 0 Å². The molecule has 0 aliphatic carbocycles. The van der Waals surface area contributed by atoms with Crippen LogP contribution in [0.1, 0.15) is 13.0 Å². The Labute approximate surface area is 131 Å². The molecule has 5 nitrogen and oxygen atoms in total. The summed E-state index contributed by atoms with van der Waals surface area (Å²) in [7, 11) is 0. The van der Waals surface area contributed by atoms with Crippen LogP contribution in [0.15, 0.2) is 16.7 Å². The van der Waals surface area contributed by atoms with E-state index in [-0.39, 0.29) is 6.04 Å². The van der Waals surface area contributed by atoms with Crippen molar-refractivity contribution in [2.75, 3.05) is 32.8 Å². The molecule has 1 N–H and O–H groups in total. The number of morpholine rings is 1. The first-order valence-corrected chi connectivity index (χ1v) is 7.91. The van der Waals surface area contributed by atoms with Crippen LogP contribution >= 0.6 is 28.1 Å². The van der Waals surface area contributed by atoms with Crippen LogP contribution in [0.3, 0.4) is 0 Å². The second kappa shape index (κ2) is 5.93. The van der Waals surface area contributed by atoms with Gasteiger partial charge >= 0.3 is 0 Å². The van der Waals surface area contributed by atoms with E-state index < -0.39 is 0 Å². The molecular weight excluding hydrogens is 340 g/mol. The van der Waals surface area contributed by atoms with Gasteiger partial charge in [-0.2, -0.15) is 0 Å². The first-order valence-electron chi connectivity index (χ1n) is 6.71. The smallest absolute Gasteiger partial charge is 0.179 e. The second-order valence-corrected chi connectivity index (χ2v) is 6.39. The topological polar surface area (TPSA) is 46.1 Å². The number of nitrogens with one attached hydrogen (secondary N) is 1. The highest BCUT2D eigenvalue weighted by Crippen LogP contribution is 2.21. The second-order valence-electron chi connectivity index (χ2n) is 5.09. The molecule has 3 rings (SSSR count). The van der Waals surface area contributed by atoms with Gasteiger partial charge in [-0.05, 0) is 41.1 Å². The molecule has 0 bridgehead atoms. The van der Waals surface area contributed by atoms with Crippen molar-refractivity contribution < 1.29 is 4.74 Å². The Morgan fingerprint density at radius 3 is 3.00 bits per heavy atom. The predicted octanol–water partition coefficient (Wildman–Crippen LogP) is 2.75. The number of ether oxygens (including phenoxy) is 1. The van der Waals surface area contributed by atoms with Gasteiger partial charge in [-0.15, -0.1) is 0 Å². The Morgan fingerprint density at radius 1 is 1.50 bits per heavy atom. The van der Waals surface area contributed by atoms with Crippen LogP contribution in [0.2, 0.25) is 0 Å². The minimum absolute atomic E-state index is 0.281. The summed E-state index contributed by atoms with van der Waals surface area (Å²) >= 11 is 8.88. The van der Waals surface area contributed by atoms with Crippen molar-refractivity contribution in [1.82, 2.24) is 19.4 Å². The number of rotatable bonds is 3. The number of fused-ring (bicyclic) bond motifs is 1. The number of nitrogens with zero attached hydrogens (tertiary/aromatic N) is 3. The Kier molecular flexibility index (Phi) is 4.21. The normalized spacial score (nSPS) is 18.5. The molecule has 1 aliphatic heterocycles. The van der Waals surface area contributed by atoms with Crippen LogP contribution in [-0.4, -0.2) is 52.3 Å². The molecule has 1 fully saturated rings. The summed E-state index contributed by atoms with van der Waals surface area (Å²) in [5, 5.41) is 0. The first kappa shape index (κ1) is 14.2. The molecule has 0 amide bonds. The van der Waals surface area contributed by atoms with E-state index >= 15 is 0 Å². The van der Waals surface area contributed by atoms with Crippen molar-refractivity contribution in [3.05, 3.63) is 21.5 Å². The molecule has 1 unspecified atom stereocenters. The SMILES string of the molecule is CC(CN1CCOCC1)n1c(=S)[nH]c2cc(Br)cnc21. The molecule has 20 heavy (non-hydrogen) atoms. The fourth-order valence-corrected chi connectivity index (χ4v) is 3.34. The van der Waals surface area contributed by atoms with E-state index in [1.54, 1.807) is 0 Å². The molecule has 2 aromatic rings. The van der Waals surface area contributed by atoms with Crippen molar-refractivity contribution in [3.63, 3.8) is 0 Å². The number of halogens is 1. The fourth-order valence-electron chi connectivity index (χ4n) is 2.64. The molecule has 0 radical (unpaired) electrons. The zero-order valence-electron chi connectivity index (χ0n) is 11.3. The van der Waals surface area contributed by atoms with E-state index in [4.69, 9.17) is 17.0 Å². The fraction of sp³-hybridized carbons (Fsp3) is 0.538. The molecule has 3 heterocycles. The highest BCUT2D eigenvalue weighted by Gasteiger charge is 2.17. The molecule has 1 atom stereocenters. The van der Waals surface area contributed by atoms with Gasteiger partial charge in [-0.3, -0.25) is 9.47 Å². The van der Waals surface area contributed by atoms with E-state index in [1.165, 1.54) is 0 Å². The van der Waals surface area contributed by atoms with Crippen molar-refractivity contribution in [2.24, 2.45) is 0 Å². The van der Waals surface area contributed by atoms with Crippen LogP contribution in [0.25, 0.3) is 11.2 Å². The average Bonchev–Trinajstić information content (AvgIpc) is 2.74. The summed E-state index contributed by atoms with van der Waals surface area (Å²) in [6, 6.07) is 2.29. The number of hydrogen-bond acceptors (Lipinski definition) is 4. The Morgan fingerprint density at radius 2 is 2.25 bits per heavy atom. The molecular formula is C13H17BrN4OS. The highest BCUT2D eigenvalue weighted by molar-refractivity contribution is 9.10. The highest BCUT2D eigenvalue weighted by atomic mass is 79.9.